The molecule has 0 spiro atoms. The maximum absolute atomic E-state index is 11.5. The van der Waals surface area contributed by atoms with E-state index in [1.807, 2.05) is 30.3 Å². The average Bonchev–Trinajstić information content (AvgIpc) is 2.42. The van der Waals surface area contributed by atoms with Gasteiger partial charge in [-0.05, 0) is 12.0 Å². The molecule has 3 N–H and O–H groups in total. The zero-order valence-electron chi connectivity index (χ0n) is 11.3. The van der Waals surface area contributed by atoms with Crippen molar-refractivity contribution in [2.45, 2.75) is 32.4 Å². The van der Waals surface area contributed by atoms with Gasteiger partial charge in [-0.15, -0.1) is 0 Å². The molecule has 20 heavy (non-hydrogen) atoms. The van der Waals surface area contributed by atoms with Gasteiger partial charge < -0.3 is 10.5 Å². The molecule has 1 rings (SSSR count). The Morgan fingerprint density at radius 1 is 1.25 bits per heavy atom. The number of nitrogens with one attached hydrogen (secondary N) is 1. The summed E-state index contributed by atoms with van der Waals surface area (Å²) in [6.45, 7) is 1.41. The topological polar surface area (TPSA) is 98.5 Å². The summed E-state index contributed by atoms with van der Waals surface area (Å²) in [5.74, 6) is -1.50. The molecule has 108 valence electrons. The number of hydrogen-bond donors (Lipinski definition) is 2. The molecule has 0 aliphatic rings. The first-order valence-electron chi connectivity index (χ1n) is 6.25. The minimum Gasteiger partial charge on any atom is -0.461 e. The minimum absolute atomic E-state index is 0.0271. The first-order valence-corrected chi connectivity index (χ1v) is 6.25. The third kappa shape index (κ3) is 6.10. The van der Waals surface area contributed by atoms with Crippen molar-refractivity contribution in [3.63, 3.8) is 0 Å². The van der Waals surface area contributed by atoms with Crippen molar-refractivity contribution in [2.75, 3.05) is 0 Å². The molecule has 2 amide bonds. The summed E-state index contributed by atoms with van der Waals surface area (Å²) in [4.78, 5) is 33.5. The monoisotopic (exact) mass is 278 g/mol. The molecule has 0 aliphatic heterocycles. The summed E-state index contributed by atoms with van der Waals surface area (Å²) in [6, 6.07) is 8.37. The third-order valence-electron chi connectivity index (χ3n) is 2.54. The van der Waals surface area contributed by atoms with E-state index in [9.17, 15) is 14.4 Å². The number of amides is 2. The van der Waals surface area contributed by atoms with E-state index in [2.05, 4.69) is 5.32 Å². The van der Waals surface area contributed by atoms with Crippen LogP contribution in [0.5, 0.6) is 0 Å². The molecule has 0 radical (unpaired) electrons. The fraction of sp³-hybridized carbons (Fsp3) is 0.357. The lowest BCUT2D eigenvalue weighted by molar-refractivity contribution is -0.145. The van der Waals surface area contributed by atoms with Crippen LogP contribution in [0.15, 0.2) is 30.3 Å². The van der Waals surface area contributed by atoms with Crippen LogP contribution in [-0.2, 0) is 25.7 Å². The predicted molar refractivity (Wildman–Crippen MR) is 72.3 cm³/mol. The molecule has 0 heterocycles. The smallest absolute Gasteiger partial charge is 0.306 e. The number of carbonyl (C=O) groups excluding carboxylic acids is 3. The van der Waals surface area contributed by atoms with Gasteiger partial charge in [-0.3, -0.25) is 19.7 Å². The molecule has 6 heteroatoms. The Labute approximate surface area is 117 Å². The van der Waals surface area contributed by atoms with Gasteiger partial charge in [0.05, 0.1) is 6.04 Å². The summed E-state index contributed by atoms with van der Waals surface area (Å²) in [5, 5.41) is 2.07. The Bertz CT molecular complexity index is 473. The quantitative estimate of drug-likeness (QED) is 0.738. The summed E-state index contributed by atoms with van der Waals surface area (Å²) in [7, 11) is 0. The van der Waals surface area contributed by atoms with Gasteiger partial charge in [-0.25, -0.2) is 0 Å². The lowest BCUT2D eigenvalue weighted by Gasteiger charge is -2.10. The highest BCUT2D eigenvalue weighted by Crippen LogP contribution is 2.03. The molecule has 1 aromatic carbocycles. The van der Waals surface area contributed by atoms with E-state index in [0.717, 1.165) is 5.56 Å². The first kappa shape index (κ1) is 15.8. The standard InChI is InChI=1S/C14H18N2O4/c1-10(17)16-14(19)12(15)7-8-13(18)20-9-11-5-3-2-4-6-11/h2-6,12H,7-9,15H2,1H3,(H,16,17,19)/t12-/m0/s1. The fourth-order valence-corrected chi connectivity index (χ4v) is 1.48. The molecule has 0 saturated carbocycles. The number of carbonyl (C=O) groups is 3. The lowest BCUT2D eigenvalue weighted by atomic mass is 10.1. The molecule has 0 aliphatic carbocycles. The van der Waals surface area contributed by atoms with Gasteiger partial charge >= 0.3 is 5.97 Å². The molecule has 0 saturated heterocycles. The van der Waals surface area contributed by atoms with Crippen LogP contribution in [0, 0.1) is 0 Å². The van der Waals surface area contributed by atoms with Crippen molar-refractivity contribution in [1.82, 2.24) is 5.32 Å². The van der Waals surface area contributed by atoms with Crippen molar-refractivity contribution in [3.05, 3.63) is 35.9 Å². The molecular formula is C14H18N2O4. The van der Waals surface area contributed by atoms with Gasteiger partial charge in [-0.1, -0.05) is 30.3 Å². The molecule has 0 aromatic heterocycles. The molecule has 1 atom stereocenters. The molecule has 0 unspecified atom stereocenters. The normalized spacial score (nSPS) is 11.5. The molecular weight excluding hydrogens is 260 g/mol. The average molecular weight is 278 g/mol. The number of benzene rings is 1. The molecule has 1 aromatic rings. The van der Waals surface area contributed by atoms with E-state index < -0.39 is 23.8 Å². The predicted octanol–water partition coefficient (Wildman–Crippen LogP) is 0.500. The Hall–Kier alpha value is -2.21. The molecule has 0 bridgehead atoms. The van der Waals surface area contributed by atoms with Gasteiger partial charge in [0, 0.05) is 13.3 Å². The van der Waals surface area contributed by atoms with E-state index in [1.54, 1.807) is 0 Å². The van der Waals surface area contributed by atoms with Crippen LogP contribution in [0.3, 0.4) is 0 Å². The highest BCUT2D eigenvalue weighted by Gasteiger charge is 2.16. The largest absolute Gasteiger partial charge is 0.461 e. The highest BCUT2D eigenvalue weighted by molar-refractivity contribution is 5.96. The van der Waals surface area contributed by atoms with Gasteiger partial charge in [0.25, 0.3) is 0 Å². The second-order valence-electron chi connectivity index (χ2n) is 4.34. The van der Waals surface area contributed by atoms with E-state index in [4.69, 9.17) is 10.5 Å². The van der Waals surface area contributed by atoms with Gasteiger partial charge in [0.2, 0.25) is 11.8 Å². The van der Waals surface area contributed by atoms with Gasteiger partial charge in [0.15, 0.2) is 0 Å². The van der Waals surface area contributed by atoms with Crippen LogP contribution in [0.25, 0.3) is 0 Å². The SMILES string of the molecule is CC(=O)NC(=O)[C@@H](N)CCC(=O)OCc1ccccc1. The number of rotatable bonds is 6. The van der Waals surface area contributed by atoms with Crippen molar-refractivity contribution in [2.24, 2.45) is 5.73 Å². The van der Waals surface area contributed by atoms with Gasteiger partial charge in [0.1, 0.15) is 6.61 Å². The number of hydrogen-bond acceptors (Lipinski definition) is 5. The lowest BCUT2D eigenvalue weighted by Crippen LogP contribution is -2.42. The molecule has 6 nitrogen and oxygen atoms in total. The second-order valence-corrected chi connectivity index (χ2v) is 4.34. The zero-order valence-corrected chi connectivity index (χ0v) is 11.3. The fourth-order valence-electron chi connectivity index (χ4n) is 1.48. The van der Waals surface area contributed by atoms with Crippen LogP contribution in [-0.4, -0.2) is 23.8 Å². The molecule has 0 fully saturated rings. The summed E-state index contributed by atoms with van der Waals surface area (Å²) in [5.41, 5.74) is 6.44. The van der Waals surface area contributed by atoms with Crippen LogP contribution in [0.1, 0.15) is 25.3 Å². The van der Waals surface area contributed by atoms with Crippen molar-refractivity contribution < 1.29 is 19.1 Å². The van der Waals surface area contributed by atoms with E-state index in [-0.39, 0.29) is 19.4 Å². The number of esters is 1. The van der Waals surface area contributed by atoms with Crippen molar-refractivity contribution in [1.29, 1.82) is 0 Å². The van der Waals surface area contributed by atoms with Crippen LogP contribution >= 0.6 is 0 Å². The van der Waals surface area contributed by atoms with Crippen LogP contribution in [0.4, 0.5) is 0 Å². The Kier molecular flexibility index (Phi) is 6.39. The van der Waals surface area contributed by atoms with Gasteiger partial charge in [-0.2, -0.15) is 0 Å². The Morgan fingerprint density at radius 3 is 2.50 bits per heavy atom. The maximum Gasteiger partial charge on any atom is 0.306 e. The van der Waals surface area contributed by atoms with E-state index >= 15 is 0 Å². The Morgan fingerprint density at radius 2 is 1.90 bits per heavy atom. The number of nitrogens with two attached hydrogens (primary N) is 1. The second kappa shape index (κ2) is 8.06. The summed E-state index contributed by atoms with van der Waals surface area (Å²) < 4.78 is 5.05. The number of ether oxygens (including phenoxy) is 1. The maximum atomic E-state index is 11.5. The summed E-state index contributed by atoms with van der Waals surface area (Å²) in [6.07, 6.45) is 0.159. The number of imide groups is 1. The highest BCUT2D eigenvalue weighted by atomic mass is 16.5. The van der Waals surface area contributed by atoms with Crippen molar-refractivity contribution in [3.8, 4) is 0 Å². The minimum atomic E-state index is -0.900. The Balaban J connectivity index is 2.26. The van der Waals surface area contributed by atoms with E-state index in [1.165, 1.54) is 6.92 Å². The first-order chi connectivity index (χ1) is 9.49. The third-order valence-corrected chi connectivity index (χ3v) is 2.54. The van der Waals surface area contributed by atoms with Crippen LogP contribution in [0.2, 0.25) is 0 Å². The van der Waals surface area contributed by atoms with E-state index in [0.29, 0.717) is 0 Å². The summed E-state index contributed by atoms with van der Waals surface area (Å²) >= 11 is 0. The van der Waals surface area contributed by atoms with Crippen LogP contribution < -0.4 is 11.1 Å². The van der Waals surface area contributed by atoms with Crippen molar-refractivity contribution >= 4 is 17.8 Å². The zero-order chi connectivity index (χ0) is 15.0.